The first kappa shape index (κ1) is 18.7. The molecule has 1 N–H and O–H groups in total. The van der Waals surface area contributed by atoms with Crippen LogP contribution in [-0.4, -0.2) is 31.9 Å². The lowest BCUT2D eigenvalue weighted by molar-refractivity contribution is -0.161. The van der Waals surface area contributed by atoms with E-state index in [9.17, 15) is 30.8 Å². The minimum atomic E-state index is -4.76. The standard InChI is InChI=1S/C15H17F4NO3S/c1-9(2)8-24(22,23)11-5-3-10(4-6-11)20-13(21)14(16)7-12(14)15(17,18)19/h3-6,9,12H,7-8H2,1-2H3,(H,20,21). The second-order valence-corrected chi connectivity index (χ2v) is 8.35. The summed E-state index contributed by atoms with van der Waals surface area (Å²) in [7, 11) is -3.48. The maximum atomic E-state index is 13.9. The SMILES string of the molecule is CC(C)CS(=O)(=O)c1ccc(NC(=O)C2(F)CC2C(F)(F)F)cc1. The maximum Gasteiger partial charge on any atom is 0.395 e. The Bertz CT molecular complexity index is 728. The predicted octanol–water partition coefficient (Wildman–Crippen LogP) is 3.35. The second-order valence-electron chi connectivity index (χ2n) is 6.31. The quantitative estimate of drug-likeness (QED) is 0.812. The summed E-state index contributed by atoms with van der Waals surface area (Å²) in [5, 5.41) is 2.06. The normalized spacial score (nSPS) is 24.0. The van der Waals surface area contributed by atoms with Crippen molar-refractivity contribution in [2.24, 2.45) is 11.8 Å². The van der Waals surface area contributed by atoms with Gasteiger partial charge in [0.2, 0.25) is 5.67 Å². The molecule has 0 spiro atoms. The molecule has 1 saturated carbocycles. The first-order valence-corrected chi connectivity index (χ1v) is 8.91. The number of sulfone groups is 1. The molecular formula is C15H17F4NO3S. The number of alkyl halides is 4. The van der Waals surface area contributed by atoms with Crippen LogP contribution in [0.3, 0.4) is 0 Å². The van der Waals surface area contributed by atoms with Crippen molar-refractivity contribution in [1.29, 1.82) is 0 Å². The second kappa shape index (κ2) is 6.02. The summed E-state index contributed by atoms with van der Waals surface area (Å²) < 4.78 is 75.3. The lowest BCUT2D eigenvalue weighted by Gasteiger charge is -2.12. The van der Waals surface area contributed by atoms with Gasteiger partial charge in [0.05, 0.1) is 10.6 Å². The van der Waals surface area contributed by atoms with Crippen molar-refractivity contribution >= 4 is 21.4 Å². The number of nitrogens with one attached hydrogen (secondary N) is 1. The van der Waals surface area contributed by atoms with E-state index in [1.165, 1.54) is 24.3 Å². The minimum absolute atomic E-state index is 0.0313. The van der Waals surface area contributed by atoms with E-state index in [4.69, 9.17) is 0 Å². The molecule has 1 fully saturated rings. The van der Waals surface area contributed by atoms with Gasteiger partial charge in [-0.25, -0.2) is 12.8 Å². The highest BCUT2D eigenvalue weighted by Gasteiger charge is 2.72. The molecule has 1 aromatic rings. The van der Waals surface area contributed by atoms with Gasteiger partial charge in [0.1, 0.15) is 5.92 Å². The highest BCUT2D eigenvalue weighted by atomic mass is 32.2. The summed E-state index contributed by atoms with van der Waals surface area (Å²) >= 11 is 0. The average molecular weight is 367 g/mol. The number of rotatable bonds is 5. The van der Waals surface area contributed by atoms with Crippen molar-refractivity contribution in [3.8, 4) is 0 Å². The fraction of sp³-hybridized carbons (Fsp3) is 0.533. The van der Waals surface area contributed by atoms with E-state index in [0.29, 0.717) is 0 Å². The molecule has 1 amide bonds. The number of carbonyl (C=O) groups is 1. The van der Waals surface area contributed by atoms with Gasteiger partial charge in [-0.2, -0.15) is 13.2 Å². The first-order chi connectivity index (χ1) is 10.9. The monoisotopic (exact) mass is 367 g/mol. The van der Waals surface area contributed by atoms with Crippen molar-refractivity contribution < 1.29 is 30.8 Å². The molecule has 2 unspecified atom stereocenters. The number of halogens is 4. The van der Waals surface area contributed by atoms with Crippen LogP contribution in [0.15, 0.2) is 29.2 Å². The smallest absolute Gasteiger partial charge is 0.323 e. The van der Waals surface area contributed by atoms with E-state index >= 15 is 0 Å². The highest BCUT2D eigenvalue weighted by molar-refractivity contribution is 7.91. The number of hydrogen-bond donors (Lipinski definition) is 1. The molecule has 0 saturated heterocycles. The van der Waals surface area contributed by atoms with Gasteiger partial charge in [-0.3, -0.25) is 4.79 Å². The van der Waals surface area contributed by atoms with Gasteiger partial charge in [0.25, 0.3) is 5.91 Å². The summed E-state index contributed by atoms with van der Waals surface area (Å²) in [5.41, 5.74) is -2.92. The Kier molecular flexibility index (Phi) is 4.69. The molecule has 9 heteroatoms. The molecule has 134 valence electrons. The predicted molar refractivity (Wildman–Crippen MR) is 80.0 cm³/mol. The van der Waals surface area contributed by atoms with Crippen molar-refractivity contribution in [2.45, 2.75) is 37.0 Å². The zero-order valence-corrected chi connectivity index (χ0v) is 13.8. The molecule has 0 bridgehead atoms. The van der Waals surface area contributed by atoms with E-state index in [1.54, 1.807) is 13.8 Å². The molecule has 1 aliphatic rings. The fourth-order valence-corrected chi connectivity index (χ4v) is 4.00. The minimum Gasteiger partial charge on any atom is -0.323 e. The van der Waals surface area contributed by atoms with Crippen LogP contribution in [0.4, 0.5) is 23.2 Å². The Hall–Kier alpha value is -1.64. The highest BCUT2D eigenvalue weighted by Crippen LogP contribution is 2.56. The number of benzene rings is 1. The summed E-state index contributed by atoms with van der Waals surface area (Å²) in [6.07, 6.45) is -5.66. The number of anilines is 1. The Morgan fingerprint density at radius 3 is 2.25 bits per heavy atom. The zero-order chi connectivity index (χ0) is 18.3. The topological polar surface area (TPSA) is 63.2 Å². The van der Waals surface area contributed by atoms with Gasteiger partial charge < -0.3 is 5.32 Å². The summed E-state index contributed by atoms with van der Waals surface area (Å²) in [6.45, 7) is 3.50. The van der Waals surface area contributed by atoms with Gasteiger partial charge in [-0.05, 0) is 30.2 Å². The molecule has 2 atom stereocenters. The van der Waals surface area contributed by atoms with Crippen LogP contribution in [0.25, 0.3) is 0 Å². The summed E-state index contributed by atoms with van der Waals surface area (Å²) in [6, 6.07) is 4.90. The molecule has 0 aliphatic heterocycles. The Labute approximate surface area is 137 Å². The van der Waals surface area contributed by atoms with E-state index in [1.807, 2.05) is 0 Å². The third-order valence-corrected chi connectivity index (χ3v) is 5.79. The lowest BCUT2D eigenvalue weighted by Crippen LogP contribution is -2.31. The van der Waals surface area contributed by atoms with E-state index < -0.39 is 39.9 Å². The van der Waals surface area contributed by atoms with Crippen LogP contribution in [0.5, 0.6) is 0 Å². The summed E-state index contributed by atoms with van der Waals surface area (Å²) in [4.78, 5) is 11.7. The Morgan fingerprint density at radius 1 is 1.29 bits per heavy atom. The molecular weight excluding hydrogens is 350 g/mol. The van der Waals surface area contributed by atoms with Crippen LogP contribution in [0, 0.1) is 11.8 Å². The molecule has 1 aliphatic carbocycles. The zero-order valence-electron chi connectivity index (χ0n) is 13.0. The molecule has 4 nitrogen and oxygen atoms in total. The van der Waals surface area contributed by atoms with Gasteiger partial charge in [0.15, 0.2) is 9.84 Å². The lowest BCUT2D eigenvalue weighted by atomic mass is 10.2. The van der Waals surface area contributed by atoms with Crippen LogP contribution in [0.2, 0.25) is 0 Å². The van der Waals surface area contributed by atoms with Crippen LogP contribution < -0.4 is 5.32 Å². The van der Waals surface area contributed by atoms with Gasteiger partial charge in [-0.15, -0.1) is 0 Å². The van der Waals surface area contributed by atoms with Crippen molar-refractivity contribution in [1.82, 2.24) is 0 Å². The first-order valence-electron chi connectivity index (χ1n) is 7.26. The van der Waals surface area contributed by atoms with Gasteiger partial charge >= 0.3 is 6.18 Å². The van der Waals surface area contributed by atoms with E-state index in [-0.39, 0.29) is 22.3 Å². The molecule has 24 heavy (non-hydrogen) atoms. The molecule has 1 aromatic carbocycles. The van der Waals surface area contributed by atoms with Crippen molar-refractivity contribution in [3.63, 3.8) is 0 Å². The van der Waals surface area contributed by atoms with E-state index in [2.05, 4.69) is 5.32 Å². The van der Waals surface area contributed by atoms with Gasteiger partial charge in [-0.1, -0.05) is 13.8 Å². The Morgan fingerprint density at radius 2 is 1.83 bits per heavy atom. The summed E-state index contributed by atoms with van der Waals surface area (Å²) in [5.74, 6) is -3.80. The Balaban J connectivity index is 2.07. The maximum absolute atomic E-state index is 13.9. The number of amides is 1. The number of hydrogen-bond acceptors (Lipinski definition) is 3. The molecule has 0 heterocycles. The van der Waals surface area contributed by atoms with Crippen LogP contribution in [-0.2, 0) is 14.6 Å². The third-order valence-electron chi connectivity index (χ3n) is 3.69. The van der Waals surface area contributed by atoms with E-state index in [0.717, 1.165) is 0 Å². The molecule has 0 aromatic heterocycles. The van der Waals surface area contributed by atoms with Crippen molar-refractivity contribution in [3.05, 3.63) is 24.3 Å². The van der Waals surface area contributed by atoms with Crippen LogP contribution in [0.1, 0.15) is 20.3 Å². The van der Waals surface area contributed by atoms with Gasteiger partial charge in [0, 0.05) is 12.1 Å². The number of carbonyl (C=O) groups excluding carboxylic acids is 1. The van der Waals surface area contributed by atoms with Crippen molar-refractivity contribution in [2.75, 3.05) is 11.1 Å². The van der Waals surface area contributed by atoms with Crippen LogP contribution >= 0.6 is 0 Å². The largest absolute Gasteiger partial charge is 0.395 e. The fourth-order valence-electron chi connectivity index (χ4n) is 2.38. The molecule has 2 rings (SSSR count). The third kappa shape index (κ3) is 3.88. The molecule has 0 radical (unpaired) electrons. The average Bonchev–Trinajstić information content (AvgIpc) is 3.12.